The molecule has 0 spiro atoms. The molecule has 0 amide bonds. The number of fused-ring (bicyclic) bond motifs is 1. The third-order valence-corrected chi connectivity index (χ3v) is 5.40. The van der Waals surface area contributed by atoms with Crippen molar-refractivity contribution in [3.8, 4) is 0 Å². The molecule has 0 bridgehead atoms. The summed E-state index contributed by atoms with van der Waals surface area (Å²) in [6.07, 6.45) is 7.57. The van der Waals surface area contributed by atoms with Crippen molar-refractivity contribution in [3.05, 3.63) is 0 Å². The van der Waals surface area contributed by atoms with Gasteiger partial charge in [0.05, 0.1) is 0 Å². The van der Waals surface area contributed by atoms with Crippen molar-refractivity contribution >= 4 is 0 Å². The van der Waals surface area contributed by atoms with Gasteiger partial charge in [0, 0.05) is 0 Å². The molecule has 2 saturated carbocycles. The van der Waals surface area contributed by atoms with E-state index in [4.69, 9.17) is 0 Å². The van der Waals surface area contributed by atoms with Crippen molar-refractivity contribution < 1.29 is 0 Å². The maximum atomic E-state index is 2.43. The molecule has 0 aromatic rings. The average Bonchev–Trinajstić information content (AvgIpc) is 2.72. The van der Waals surface area contributed by atoms with E-state index in [1.807, 2.05) is 0 Å². The van der Waals surface area contributed by atoms with Crippen LogP contribution in [0.2, 0.25) is 0 Å². The highest BCUT2D eigenvalue weighted by Gasteiger charge is 2.65. The summed E-state index contributed by atoms with van der Waals surface area (Å²) in [5.74, 6) is 5.00. The second kappa shape index (κ2) is 4.35. The molecule has 2 rings (SSSR count). The van der Waals surface area contributed by atoms with E-state index >= 15 is 0 Å². The van der Waals surface area contributed by atoms with Gasteiger partial charge >= 0.3 is 0 Å². The zero-order valence-electron chi connectivity index (χ0n) is 11.9. The summed E-state index contributed by atoms with van der Waals surface area (Å²) in [6, 6.07) is 0. The van der Waals surface area contributed by atoms with E-state index in [1.54, 1.807) is 19.3 Å². The van der Waals surface area contributed by atoms with E-state index in [-0.39, 0.29) is 0 Å². The van der Waals surface area contributed by atoms with Crippen LogP contribution in [0, 0.1) is 35.0 Å². The van der Waals surface area contributed by atoms with Crippen LogP contribution in [-0.4, -0.2) is 0 Å². The van der Waals surface area contributed by atoms with Gasteiger partial charge in [-0.1, -0.05) is 41.0 Å². The lowest BCUT2D eigenvalue weighted by Crippen LogP contribution is -2.29. The molecular formula is C16H30. The maximum absolute atomic E-state index is 2.43. The fourth-order valence-electron chi connectivity index (χ4n) is 4.25. The molecular weight excluding hydrogens is 192 g/mol. The Morgan fingerprint density at radius 1 is 1.12 bits per heavy atom. The highest BCUT2D eigenvalue weighted by atomic mass is 14.7. The highest BCUT2D eigenvalue weighted by molar-refractivity contribution is 5.15. The Labute approximate surface area is 102 Å². The topological polar surface area (TPSA) is 0 Å². The van der Waals surface area contributed by atoms with Crippen LogP contribution in [0.15, 0.2) is 0 Å². The van der Waals surface area contributed by atoms with Crippen molar-refractivity contribution in [2.75, 3.05) is 0 Å². The lowest BCUT2D eigenvalue weighted by molar-refractivity contribution is 0.117. The van der Waals surface area contributed by atoms with E-state index in [0.29, 0.717) is 0 Å². The zero-order valence-corrected chi connectivity index (χ0v) is 11.9. The third-order valence-electron chi connectivity index (χ3n) is 5.40. The summed E-state index contributed by atoms with van der Waals surface area (Å²) in [4.78, 5) is 0. The molecule has 4 unspecified atom stereocenters. The second-order valence-corrected chi connectivity index (χ2v) is 7.38. The summed E-state index contributed by atoms with van der Waals surface area (Å²) in [5, 5.41) is 0. The van der Waals surface area contributed by atoms with Crippen LogP contribution in [0.25, 0.3) is 0 Å². The number of rotatable bonds is 6. The van der Waals surface area contributed by atoms with E-state index in [9.17, 15) is 0 Å². The Morgan fingerprint density at radius 2 is 1.81 bits per heavy atom. The van der Waals surface area contributed by atoms with Gasteiger partial charge in [-0.25, -0.2) is 0 Å². The van der Waals surface area contributed by atoms with Gasteiger partial charge in [0.15, 0.2) is 0 Å². The van der Waals surface area contributed by atoms with Gasteiger partial charge in [0.25, 0.3) is 0 Å². The first-order valence-corrected chi connectivity index (χ1v) is 7.48. The number of hydrogen-bond acceptors (Lipinski definition) is 0. The molecule has 94 valence electrons. The molecule has 0 nitrogen and oxygen atoms in total. The van der Waals surface area contributed by atoms with Crippen molar-refractivity contribution in [2.45, 2.75) is 66.7 Å². The molecule has 0 N–H and O–H groups in total. The fourth-order valence-corrected chi connectivity index (χ4v) is 4.25. The summed E-state index contributed by atoms with van der Waals surface area (Å²) >= 11 is 0. The predicted octanol–water partition coefficient (Wildman–Crippen LogP) is 5.13. The monoisotopic (exact) mass is 222 g/mol. The lowest BCUT2D eigenvalue weighted by atomic mass is 9.67. The van der Waals surface area contributed by atoms with Crippen LogP contribution in [0.1, 0.15) is 66.7 Å². The SMILES string of the molecule is CCC1CC2(CC(CC(C)C)C(C)C)CC12. The Hall–Kier alpha value is 0. The summed E-state index contributed by atoms with van der Waals surface area (Å²) in [5.41, 5.74) is 0.852. The van der Waals surface area contributed by atoms with Crippen molar-refractivity contribution in [2.24, 2.45) is 35.0 Å². The first-order valence-electron chi connectivity index (χ1n) is 7.48. The molecule has 4 atom stereocenters. The number of hydrogen-bond donors (Lipinski definition) is 0. The summed E-state index contributed by atoms with van der Waals surface area (Å²) in [7, 11) is 0. The summed E-state index contributed by atoms with van der Waals surface area (Å²) in [6.45, 7) is 12.0. The molecule has 2 aliphatic rings. The first kappa shape index (κ1) is 12.5. The molecule has 16 heavy (non-hydrogen) atoms. The molecule has 0 aromatic carbocycles. The Bertz CT molecular complexity index is 240. The molecule has 2 aliphatic carbocycles. The van der Waals surface area contributed by atoms with E-state index in [2.05, 4.69) is 34.6 Å². The van der Waals surface area contributed by atoms with Crippen molar-refractivity contribution in [1.29, 1.82) is 0 Å². The van der Waals surface area contributed by atoms with Crippen LogP contribution in [0.4, 0.5) is 0 Å². The van der Waals surface area contributed by atoms with Gasteiger partial charge in [-0.3, -0.25) is 0 Å². The van der Waals surface area contributed by atoms with E-state index in [1.165, 1.54) is 12.8 Å². The van der Waals surface area contributed by atoms with Gasteiger partial charge in [-0.05, 0) is 60.7 Å². The molecule has 2 fully saturated rings. The smallest absolute Gasteiger partial charge is 0.0258 e. The Balaban J connectivity index is 1.84. The zero-order chi connectivity index (χ0) is 11.9. The normalized spacial score (nSPS) is 38.4. The van der Waals surface area contributed by atoms with Gasteiger partial charge in [0.2, 0.25) is 0 Å². The average molecular weight is 222 g/mol. The largest absolute Gasteiger partial charge is 0.0651 e. The fraction of sp³-hybridized carbons (Fsp3) is 1.00. The van der Waals surface area contributed by atoms with Crippen LogP contribution >= 0.6 is 0 Å². The molecule has 0 radical (unpaired) electrons. The Kier molecular flexibility index (Phi) is 3.39. The van der Waals surface area contributed by atoms with Crippen LogP contribution < -0.4 is 0 Å². The van der Waals surface area contributed by atoms with Gasteiger partial charge in [-0.2, -0.15) is 0 Å². The van der Waals surface area contributed by atoms with Crippen LogP contribution in [0.5, 0.6) is 0 Å². The standard InChI is InChI=1S/C16H30/c1-6-13-8-16(10-15(13)16)9-14(12(4)5)7-11(2)3/h11-15H,6-10H2,1-5H3. The summed E-state index contributed by atoms with van der Waals surface area (Å²) < 4.78 is 0. The molecule has 0 heteroatoms. The molecule has 0 aliphatic heterocycles. The quantitative estimate of drug-likeness (QED) is 0.584. The molecule has 0 aromatic heterocycles. The minimum atomic E-state index is 0.852. The van der Waals surface area contributed by atoms with Gasteiger partial charge in [-0.15, -0.1) is 0 Å². The minimum Gasteiger partial charge on any atom is -0.0651 e. The van der Waals surface area contributed by atoms with Crippen molar-refractivity contribution in [1.82, 2.24) is 0 Å². The Morgan fingerprint density at radius 3 is 2.25 bits per heavy atom. The van der Waals surface area contributed by atoms with E-state index in [0.717, 1.165) is 35.0 Å². The lowest BCUT2D eigenvalue weighted by Gasteiger charge is -2.38. The van der Waals surface area contributed by atoms with Crippen LogP contribution in [-0.2, 0) is 0 Å². The first-order chi connectivity index (χ1) is 7.48. The maximum Gasteiger partial charge on any atom is -0.0258 e. The highest BCUT2D eigenvalue weighted by Crippen LogP contribution is 2.74. The molecule has 0 saturated heterocycles. The van der Waals surface area contributed by atoms with Gasteiger partial charge in [0.1, 0.15) is 0 Å². The van der Waals surface area contributed by atoms with Gasteiger partial charge < -0.3 is 0 Å². The predicted molar refractivity (Wildman–Crippen MR) is 71.3 cm³/mol. The van der Waals surface area contributed by atoms with E-state index < -0.39 is 0 Å². The molecule has 0 heterocycles. The minimum absolute atomic E-state index is 0.852. The van der Waals surface area contributed by atoms with Crippen LogP contribution in [0.3, 0.4) is 0 Å². The van der Waals surface area contributed by atoms with Crippen molar-refractivity contribution in [3.63, 3.8) is 0 Å². The third kappa shape index (κ3) is 2.17. The second-order valence-electron chi connectivity index (χ2n) is 7.38.